The van der Waals surface area contributed by atoms with Gasteiger partial charge in [0.1, 0.15) is 5.75 Å². The molecule has 1 aromatic carbocycles. The lowest BCUT2D eigenvalue weighted by molar-refractivity contribution is -0.117. The molecule has 9 heteroatoms. The monoisotopic (exact) mass is 455 g/mol. The highest BCUT2D eigenvalue weighted by molar-refractivity contribution is 6.35. The summed E-state index contributed by atoms with van der Waals surface area (Å²) >= 11 is 6.36. The second kappa shape index (κ2) is 9.82. The van der Waals surface area contributed by atoms with E-state index in [0.717, 1.165) is 11.1 Å². The maximum absolute atomic E-state index is 13.2. The standard InChI is InChI=1S/C23H26ClN5O3/c1-13-21(26)17(22(27-2)15-9-14(10-19(25)30)11-28-12-15)7-8-29(13)23(31)16-5-4-6-18(32-3)20(16)24/h4-6,9,11-13H,7-8,10,26H2,1-3H3,(H2,25,30). The van der Waals surface area contributed by atoms with E-state index in [1.54, 1.807) is 42.5 Å². The molecule has 1 aromatic heterocycles. The minimum absolute atomic E-state index is 0.0896. The number of nitrogens with two attached hydrogens (primary N) is 2. The van der Waals surface area contributed by atoms with E-state index in [9.17, 15) is 9.59 Å². The second-order valence-corrected chi connectivity index (χ2v) is 7.86. The van der Waals surface area contributed by atoms with Crippen molar-refractivity contribution in [2.24, 2.45) is 16.5 Å². The lowest BCUT2D eigenvalue weighted by Crippen LogP contribution is -2.46. The number of carbonyl (C=O) groups excluding carboxylic acids is 2. The number of carbonyl (C=O) groups is 2. The molecular weight excluding hydrogens is 430 g/mol. The number of primary amides is 1. The molecule has 0 spiro atoms. The van der Waals surface area contributed by atoms with E-state index in [2.05, 4.69) is 9.98 Å². The molecular formula is C23H26ClN5O3. The van der Waals surface area contributed by atoms with Gasteiger partial charge in [-0.2, -0.15) is 0 Å². The molecule has 1 aliphatic rings. The van der Waals surface area contributed by atoms with Crippen molar-refractivity contribution in [2.75, 3.05) is 20.7 Å². The Morgan fingerprint density at radius 2 is 2.09 bits per heavy atom. The van der Waals surface area contributed by atoms with Gasteiger partial charge in [-0.25, -0.2) is 0 Å². The average molecular weight is 456 g/mol. The molecule has 0 radical (unpaired) electrons. The molecule has 168 valence electrons. The topological polar surface area (TPSA) is 124 Å². The lowest BCUT2D eigenvalue weighted by Gasteiger charge is -2.36. The van der Waals surface area contributed by atoms with Gasteiger partial charge in [-0.05, 0) is 37.1 Å². The Kier molecular flexibility index (Phi) is 7.15. The van der Waals surface area contributed by atoms with Crippen LogP contribution < -0.4 is 16.2 Å². The zero-order valence-corrected chi connectivity index (χ0v) is 19.0. The Morgan fingerprint density at radius 1 is 1.34 bits per heavy atom. The summed E-state index contributed by atoms with van der Waals surface area (Å²) in [4.78, 5) is 34.8. The Labute approximate surface area is 191 Å². The summed E-state index contributed by atoms with van der Waals surface area (Å²) in [6, 6.07) is 6.57. The van der Waals surface area contributed by atoms with Crippen LogP contribution in [0.2, 0.25) is 5.02 Å². The van der Waals surface area contributed by atoms with Crippen LogP contribution in [0.4, 0.5) is 0 Å². The van der Waals surface area contributed by atoms with Crippen molar-refractivity contribution in [1.82, 2.24) is 9.88 Å². The number of benzene rings is 1. The van der Waals surface area contributed by atoms with E-state index in [0.29, 0.717) is 41.3 Å². The number of halogens is 1. The first-order chi connectivity index (χ1) is 15.3. The molecule has 2 heterocycles. The van der Waals surface area contributed by atoms with Crippen LogP contribution >= 0.6 is 11.6 Å². The molecule has 8 nitrogen and oxygen atoms in total. The molecule has 3 rings (SSSR count). The first kappa shape index (κ1) is 23.3. The van der Waals surface area contributed by atoms with Crippen LogP contribution in [-0.4, -0.2) is 54.2 Å². The third-order valence-electron chi connectivity index (χ3n) is 5.50. The largest absolute Gasteiger partial charge is 0.495 e. The molecule has 1 aliphatic heterocycles. The normalized spacial score (nSPS) is 16.8. The van der Waals surface area contributed by atoms with Gasteiger partial charge in [0.2, 0.25) is 5.91 Å². The molecule has 0 bridgehead atoms. The molecule has 4 N–H and O–H groups in total. The number of aromatic nitrogens is 1. The van der Waals surface area contributed by atoms with Crippen molar-refractivity contribution in [1.29, 1.82) is 0 Å². The van der Waals surface area contributed by atoms with Crippen LogP contribution in [-0.2, 0) is 11.2 Å². The van der Waals surface area contributed by atoms with Gasteiger partial charge in [0.25, 0.3) is 5.91 Å². The summed E-state index contributed by atoms with van der Waals surface area (Å²) in [5.74, 6) is -0.215. The fourth-order valence-corrected chi connectivity index (χ4v) is 4.15. The summed E-state index contributed by atoms with van der Waals surface area (Å²) in [7, 11) is 3.18. The predicted molar refractivity (Wildman–Crippen MR) is 124 cm³/mol. The van der Waals surface area contributed by atoms with E-state index in [1.165, 1.54) is 7.11 Å². The molecule has 32 heavy (non-hydrogen) atoms. The summed E-state index contributed by atoms with van der Waals surface area (Å²) < 4.78 is 5.23. The van der Waals surface area contributed by atoms with Crippen molar-refractivity contribution < 1.29 is 14.3 Å². The Bertz CT molecular complexity index is 1110. The highest BCUT2D eigenvalue weighted by Gasteiger charge is 2.32. The van der Waals surface area contributed by atoms with E-state index < -0.39 is 5.91 Å². The van der Waals surface area contributed by atoms with Crippen LogP contribution in [0, 0.1) is 0 Å². The zero-order valence-electron chi connectivity index (χ0n) is 18.3. The number of aliphatic imine (C=N–C) groups is 1. The van der Waals surface area contributed by atoms with E-state index in [4.69, 9.17) is 27.8 Å². The molecule has 0 saturated heterocycles. The molecule has 1 unspecified atom stereocenters. The van der Waals surface area contributed by atoms with Gasteiger partial charge < -0.3 is 21.1 Å². The number of ether oxygens (including phenoxy) is 1. The number of methoxy groups -OCH3 is 1. The summed E-state index contributed by atoms with van der Waals surface area (Å²) in [5.41, 5.74) is 15.7. The second-order valence-electron chi connectivity index (χ2n) is 7.48. The number of rotatable bonds is 6. The van der Waals surface area contributed by atoms with Gasteiger partial charge in [0.15, 0.2) is 0 Å². The maximum Gasteiger partial charge on any atom is 0.256 e. The van der Waals surface area contributed by atoms with Gasteiger partial charge in [-0.15, -0.1) is 0 Å². The SMILES string of the molecule is CN=C(C1=C(N)C(C)N(C(=O)c2cccc(OC)c2Cl)CC1)c1cncc(CC(N)=O)c1. The van der Waals surface area contributed by atoms with Crippen LogP contribution in [0.15, 0.2) is 52.9 Å². The smallest absolute Gasteiger partial charge is 0.256 e. The minimum Gasteiger partial charge on any atom is -0.495 e. The van der Waals surface area contributed by atoms with Crippen molar-refractivity contribution in [2.45, 2.75) is 25.8 Å². The number of amides is 2. The molecule has 2 amide bonds. The molecule has 0 fully saturated rings. The fourth-order valence-electron chi connectivity index (χ4n) is 3.86. The fraction of sp³-hybridized carbons (Fsp3) is 0.304. The van der Waals surface area contributed by atoms with Crippen LogP contribution in [0.1, 0.15) is 34.8 Å². The number of pyridine rings is 1. The summed E-state index contributed by atoms with van der Waals surface area (Å²) in [5, 5.41) is 0.272. The first-order valence-corrected chi connectivity index (χ1v) is 10.5. The summed E-state index contributed by atoms with van der Waals surface area (Å²) in [6.07, 6.45) is 3.87. The minimum atomic E-state index is -0.436. The highest BCUT2D eigenvalue weighted by atomic mass is 35.5. The third kappa shape index (κ3) is 4.60. The van der Waals surface area contributed by atoms with Gasteiger partial charge in [0.05, 0.1) is 35.9 Å². The third-order valence-corrected chi connectivity index (χ3v) is 5.89. The molecule has 1 atom stereocenters. The number of hydrogen-bond donors (Lipinski definition) is 2. The average Bonchev–Trinajstić information content (AvgIpc) is 2.77. The molecule has 2 aromatic rings. The van der Waals surface area contributed by atoms with E-state index in [-0.39, 0.29) is 23.4 Å². The van der Waals surface area contributed by atoms with E-state index in [1.807, 2.05) is 13.0 Å². The van der Waals surface area contributed by atoms with Gasteiger partial charge in [-0.1, -0.05) is 17.7 Å². The van der Waals surface area contributed by atoms with Gasteiger partial charge >= 0.3 is 0 Å². The predicted octanol–water partition coefficient (Wildman–Crippen LogP) is 2.34. The lowest BCUT2D eigenvalue weighted by atomic mass is 9.91. The van der Waals surface area contributed by atoms with Crippen LogP contribution in [0.5, 0.6) is 5.75 Å². The van der Waals surface area contributed by atoms with Crippen LogP contribution in [0.3, 0.4) is 0 Å². The van der Waals surface area contributed by atoms with Gasteiger partial charge in [0, 0.05) is 42.8 Å². The Morgan fingerprint density at radius 3 is 2.75 bits per heavy atom. The maximum atomic E-state index is 13.2. The van der Waals surface area contributed by atoms with Crippen molar-refractivity contribution in [3.05, 3.63) is 69.6 Å². The summed E-state index contributed by atoms with van der Waals surface area (Å²) in [6.45, 7) is 2.31. The quantitative estimate of drug-likeness (QED) is 0.647. The van der Waals surface area contributed by atoms with Gasteiger partial charge in [-0.3, -0.25) is 19.6 Å². The number of hydrogen-bond acceptors (Lipinski definition) is 6. The van der Waals surface area contributed by atoms with Crippen molar-refractivity contribution in [3.8, 4) is 5.75 Å². The Hall–Kier alpha value is -3.39. The zero-order chi connectivity index (χ0) is 23.4. The Balaban J connectivity index is 1.91. The van der Waals surface area contributed by atoms with E-state index >= 15 is 0 Å². The highest BCUT2D eigenvalue weighted by Crippen LogP contribution is 2.31. The van der Waals surface area contributed by atoms with Crippen molar-refractivity contribution in [3.63, 3.8) is 0 Å². The van der Waals surface area contributed by atoms with Crippen molar-refractivity contribution >= 4 is 29.1 Å². The first-order valence-electron chi connectivity index (χ1n) is 10.1. The molecule has 0 saturated carbocycles. The molecule has 0 aliphatic carbocycles. The number of nitrogens with zero attached hydrogens (tertiary/aromatic N) is 3. The van der Waals surface area contributed by atoms with Crippen LogP contribution in [0.25, 0.3) is 0 Å².